The maximum atomic E-state index is 4.34. The van der Waals surface area contributed by atoms with Gasteiger partial charge in [0.1, 0.15) is 0 Å². The minimum Gasteiger partial charge on any atom is -0.260 e. The fourth-order valence-corrected chi connectivity index (χ4v) is 1.48. The van der Waals surface area contributed by atoms with Crippen molar-refractivity contribution in [1.82, 2.24) is 4.98 Å². The van der Waals surface area contributed by atoms with Crippen molar-refractivity contribution in [2.75, 3.05) is 5.33 Å². The van der Waals surface area contributed by atoms with Crippen LogP contribution < -0.4 is 0 Å². The molecular formula is C10H13Br2N. The number of halogens is 2. The molecule has 0 saturated heterocycles. The molecule has 1 rings (SSSR count). The molecule has 0 aliphatic heterocycles. The van der Waals surface area contributed by atoms with Crippen LogP contribution in [0.2, 0.25) is 0 Å². The molecule has 0 saturated carbocycles. The highest BCUT2D eigenvalue weighted by Gasteiger charge is 2.17. The van der Waals surface area contributed by atoms with E-state index in [1.54, 1.807) is 0 Å². The van der Waals surface area contributed by atoms with E-state index >= 15 is 0 Å². The second-order valence-corrected chi connectivity index (χ2v) is 5.42. The van der Waals surface area contributed by atoms with Crippen molar-refractivity contribution >= 4 is 31.9 Å². The van der Waals surface area contributed by atoms with E-state index in [1.807, 2.05) is 12.3 Å². The van der Waals surface area contributed by atoms with Crippen molar-refractivity contribution in [3.8, 4) is 0 Å². The zero-order chi connectivity index (χ0) is 9.90. The number of pyridine rings is 1. The first-order valence-electron chi connectivity index (χ1n) is 4.20. The Labute approximate surface area is 96.2 Å². The Morgan fingerprint density at radius 1 is 1.38 bits per heavy atom. The molecule has 0 bridgehead atoms. The summed E-state index contributed by atoms with van der Waals surface area (Å²) in [5.74, 6) is 0. The maximum absolute atomic E-state index is 4.34. The number of alkyl halides is 1. The number of nitrogens with zero attached hydrogens (tertiary/aromatic N) is 1. The minimum atomic E-state index is 0.279. The van der Waals surface area contributed by atoms with Crippen LogP contribution in [0.25, 0.3) is 0 Å². The number of aromatic nitrogens is 1. The third kappa shape index (κ3) is 3.77. The van der Waals surface area contributed by atoms with Crippen molar-refractivity contribution < 1.29 is 0 Å². The quantitative estimate of drug-likeness (QED) is 0.774. The summed E-state index contributed by atoms with van der Waals surface area (Å²) in [6.45, 7) is 4.46. The van der Waals surface area contributed by atoms with Gasteiger partial charge in [-0.2, -0.15) is 0 Å². The lowest BCUT2D eigenvalue weighted by molar-refractivity contribution is 0.419. The van der Waals surface area contributed by atoms with Crippen LogP contribution in [0.3, 0.4) is 0 Å². The van der Waals surface area contributed by atoms with Crippen LogP contribution in [0.1, 0.15) is 19.5 Å². The van der Waals surface area contributed by atoms with Gasteiger partial charge in [-0.05, 0) is 39.9 Å². The van der Waals surface area contributed by atoms with Gasteiger partial charge >= 0.3 is 0 Å². The SMILES string of the molecule is CC(C)(CBr)Cc1ccc(Br)cn1. The molecule has 1 aromatic heterocycles. The molecule has 0 aliphatic carbocycles. The Kier molecular flexibility index (Phi) is 3.92. The summed E-state index contributed by atoms with van der Waals surface area (Å²) in [6, 6.07) is 4.10. The number of rotatable bonds is 3. The molecule has 13 heavy (non-hydrogen) atoms. The first kappa shape index (κ1) is 11.2. The highest BCUT2D eigenvalue weighted by molar-refractivity contribution is 9.10. The lowest BCUT2D eigenvalue weighted by Crippen LogP contribution is -2.17. The fourth-order valence-electron chi connectivity index (χ4n) is 1.05. The molecule has 0 fully saturated rings. The van der Waals surface area contributed by atoms with Gasteiger partial charge in [0.2, 0.25) is 0 Å². The molecule has 0 spiro atoms. The summed E-state index contributed by atoms with van der Waals surface area (Å²) in [7, 11) is 0. The van der Waals surface area contributed by atoms with Crippen molar-refractivity contribution in [2.24, 2.45) is 5.41 Å². The first-order chi connectivity index (χ1) is 6.03. The maximum Gasteiger partial charge on any atom is 0.0413 e. The van der Waals surface area contributed by atoms with Crippen LogP contribution in [-0.2, 0) is 6.42 Å². The molecule has 0 unspecified atom stereocenters. The summed E-state index contributed by atoms with van der Waals surface area (Å²) in [5, 5.41) is 0.998. The zero-order valence-corrected chi connectivity index (χ0v) is 11.0. The van der Waals surface area contributed by atoms with Crippen LogP contribution in [0, 0.1) is 5.41 Å². The molecule has 0 N–H and O–H groups in total. The summed E-state index contributed by atoms with van der Waals surface area (Å²) in [6.07, 6.45) is 2.85. The summed E-state index contributed by atoms with van der Waals surface area (Å²) >= 11 is 6.88. The average Bonchev–Trinajstić information content (AvgIpc) is 2.09. The first-order valence-corrected chi connectivity index (χ1v) is 6.11. The molecule has 72 valence electrons. The van der Waals surface area contributed by atoms with E-state index in [0.29, 0.717) is 0 Å². The normalized spacial score (nSPS) is 11.7. The van der Waals surface area contributed by atoms with Gasteiger partial charge in [0.25, 0.3) is 0 Å². The molecule has 0 amide bonds. The second-order valence-electron chi connectivity index (χ2n) is 3.94. The third-order valence-electron chi connectivity index (χ3n) is 1.81. The van der Waals surface area contributed by atoms with Crippen molar-refractivity contribution in [1.29, 1.82) is 0 Å². The standard InChI is InChI=1S/C10H13Br2N/c1-10(2,7-11)5-9-4-3-8(12)6-13-9/h3-4,6H,5,7H2,1-2H3. The van der Waals surface area contributed by atoms with Gasteiger partial charge in [-0.1, -0.05) is 29.8 Å². The van der Waals surface area contributed by atoms with Crippen LogP contribution in [0.15, 0.2) is 22.8 Å². The fraction of sp³-hybridized carbons (Fsp3) is 0.500. The molecule has 1 heterocycles. The van der Waals surface area contributed by atoms with Crippen molar-refractivity contribution in [2.45, 2.75) is 20.3 Å². The predicted octanol–water partition coefficient (Wildman–Crippen LogP) is 3.81. The van der Waals surface area contributed by atoms with Gasteiger partial charge in [0.15, 0.2) is 0 Å². The van der Waals surface area contributed by atoms with E-state index in [9.17, 15) is 0 Å². The molecule has 3 heteroatoms. The molecule has 0 aromatic carbocycles. The summed E-state index contributed by atoms with van der Waals surface area (Å²) < 4.78 is 1.04. The van der Waals surface area contributed by atoms with E-state index in [4.69, 9.17) is 0 Å². The monoisotopic (exact) mass is 305 g/mol. The highest BCUT2D eigenvalue weighted by Crippen LogP contribution is 2.23. The molecule has 0 aliphatic rings. The third-order valence-corrected chi connectivity index (χ3v) is 3.80. The Hall–Kier alpha value is 0.110. The molecule has 0 atom stereocenters. The summed E-state index contributed by atoms with van der Waals surface area (Å²) in [5.41, 5.74) is 1.42. The van der Waals surface area contributed by atoms with E-state index in [0.717, 1.165) is 21.9 Å². The van der Waals surface area contributed by atoms with E-state index in [1.165, 1.54) is 0 Å². The van der Waals surface area contributed by atoms with Gasteiger partial charge in [-0.3, -0.25) is 4.98 Å². The predicted molar refractivity (Wildman–Crippen MR) is 63.2 cm³/mol. The second kappa shape index (κ2) is 4.56. The largest absolute Gasteiger partial charge is 0.260 e. The summed E-state index contributed by atoms with van der Waals surface area (Å²) in [4.78, 5) is 4.34. The van der Waals surface area contributed by atoms with Gasteiger partial charge in [-0.15, -0.1) is 0 Å². The molecule has 0 radical (unpaired) electrons. The topological polar surface area (TPSA) is 12.9 Å². The van der Waals surface area contributed by atoms with Gasteiger partial charge in [-0.25, -0.2) is 0 Å². The smallest absolute Gasteiger partial charge is 0.0413 e. The number of hydrogen-bond acceptors (Lipinski definition) is 1. The number of hydrogen-bond donors (Lipinski definition) is 0. The van der Waals surface area contributed by atoms with Crippen LogP contribution in [0.4, 0.5) is 0 Å². The van der Waals surface area contributed by atoms with Crippen LogP contribution >= 0.6 is 31.9 Å². The lowest BCUT2D eigenvalue weighted by Gasteiger charge is -2.20. The Bertz CT molecular complexity index is 267. The van der Waals surface area contributed by atoms with E-state index in [2.05, 4.69) is 56.8 Å². The Morgan fingerprint density at radius 2 is 2.08 bits per heavy atom. The van der Waals surface area contributed by atoms with Crippen molar-refractivity contribution in [3.63, 3.8) is 0 Å². The van der Waals surface area contributed by atoms with Crippen LogP contribution in [-0.4, -0.2) is 10.3 Å². The Balaban J connectivity index is 2.69. The van der Waals surface area contributed by atoms with Crippen LogP contribution in [0.5, 0.6) is 0 Å². The zero-order valence-electron chi connectivity index (χ0n) is 7.85. The van der Waals surface area contributed by atoms with Gasteiger partial charge in [0.05, 0.1) is 0 Å². The van der Waals surface area contributed by atoms with Gasteiger partial charge < -0.3 is 0 Å². The van der Waals surface area contributed by atoms with Crippen molar-refractivity contribution in [3.05, 3.63) is 28.5 Å². The Morgan fingerprint density at radius 3 is 2.54 bits per heavy atom. The van der Waals surface area contributed by atoms with Gasteiger partial charge in [0, 0.05) is 21.7 Å². The average molecular weight is 307 g/mol. The highest BCUT2D eigenvalue weighted by atomic mass is 79.9. The molecule has 1 aromatic rings. The van der Waals surface area contributed by atoms with E-state index in [-0.39, 0.29) is 5.41 Å². The molecular weight excluding hydrogens is 294 g/mol. The minimum absolute atomic E-state index is 0.279. The molecule has 1 nitrogen and oxygen atoms in total. The van der Waals surface area contributed by atoms with E-state index < -0.39 is 0 Å². The lowest BCUT2D eigenvalue weighted by atomic mass is 9.90.